The topological polar surface area (TPSA) is 87.3 Å². The summed E-state index contributed by atoms with van der Waals surface area (Å²) in [6.45, 7) is 4.38. The van der Waals surface area contributed by atoms with Crippen molar-refractivity contribution in [2.45, 2.75) is 6.04 Å². The summed E-state index contributed by atoms with van der Waals surface area (Å²) in [6.07, 6.45) is 0. The molecule has 0 saturated carbocycles. The van der Waals surface area contributed by atoms with Gasteiger partial charge >= 0.3 is 5.97 Å². The lowest BCUT2D eigenvalue weighted by Crippen LogP contribution is -2.51. The molecule has 148 valence electrons. The van der Waals surface area contributed by atoms with Gasteiger partial charge in [-0.15, -0.1) is 0 Å². The molecule has 1 aliphatic heterocycles. The summed E-state index contributed by atoms with van der Waals surface area (Å²) in [5.41, 5.74) is 1.16. The van der Waals surface area contributed by atoms with Gasteiger partial charge in [-0.05, 0) is 29.9 Å². The van der Waals surface area contributed by atoms with E-state index < -0.39 is 17.9 Å². The minimum Gasteiger partial charge on any atom is -0.493 e. The van der Waals surface area contributed by atoms with Gasteiger partial charge in [0.25, 0.3) is 0 Å². The van der Waals surface area contributed by atoms with Crippen LogP contribution in [-0.4, -0.2) is 52.7 Å². The normalized spacial score (nSPS) is 19.0. The Hall–Kier alpha value is -2.52. The van der Waals surface area contributed by atoms with E-state index in [4.69, 9.17) is 35.9 Å². The Kier molecular flexibility index (Phi) is 7.26. The van der Waals surface area contributed by atoms with Crippen molar-refractivity contribution in [3.8, 4) is 17.2 Å². The van der Waals surface area contributed by atoms with Gasteiger partial charge in [0.1, 0.15) is 12.5 Å². The van der Waals surface area contributed by atoms with Gasteiger partial charge in [0.05, 0.1) is 34.0 Å². The van der Waals surface area contributed by atoms with Gasteiger partial charge in [0.2, 0.25) is 5.75 Å². The van der Waals surface area contributed by atoms with E-state index in [0.29, 0.717) is 40.2 Å². The molecule has 27 heavy (non-hydrogen) atoms. The summed E-state index contributed by atoms with van der Waals surface area (Å²) < 4.78 is 26.4. The number of esters is 1. The van der Waals surface area contributed by atoms with Crippen molar-refractivity contribution in [1.82, 2.24) is 10.6 Å². The monoisotopic (exact) mass is 396 g/mol. The van der Waals surface area contributed by atoms with Gasteiger partial charge in [0, 0.05) is 12.8 Å². The molecule has 1 heterocycles. The standard InChI is InChI=1S/C18H24N2O6S/c1-10-14(17(21)26-7-6-22-2)15(20-18(27)19-10)11-8-12(23-3)16(25-5)13(9-11)24-4/h8-9,14-15H,1,6-7H2,2-5H3,(H2,19,20,27)/t14-,15+/m0/s1. The molecule has 1 aromatic carbocycles. The van der Waals surface area contributed by atoms with Crippen LogP contribution in [0.2, 0.25) is 0 Å². The predicted molar refractivity (Wildman–Crippen MR) is 103 cm³/mol. The van der Waals surface area contributed by atoms with Crippen LogP contribution in [0.15, 0.2) is 24.4 Å². The maximum atomic E-state index is 12.7. The fraction of sp³-hybridized carbons (Fsp3) is 0.444. The Bertz CT molecular complexity index is 699. The van der Waals surface area contributed by atoms with E-state index >= 15 is 0 Å². The molecular weight excluding hydrogens is 372 g/mol. The third-order valence-electron chi connectivity index (χ3n) is 4.10. The fourth-order valence-corrected chi connectivity index (χ4v) is 3.09. The van der Waals surface area contributed by atoms with Gasteiger partial charge in [-0.1, -0.05) is 6.58 Å². The van der Waals surface area contributed by atoms with Crippen LogP contribution in [0.5, 0.6) is 17.2 Å². The Labute approximate surface area is 163 Å². The van der Waals surface area contributed by atoms with Gasteiger partial charge in [-0.2, -0.15) is 0 Å². The van der Waals surface area contributed by atoms with Crippen LogP contribution in [0, 0.1) is 5.92 Å². The molecule has 2 atom stereocenters. The van der Waals surface area contributed by atoms with Crippen LogP contribution in [0.25, 0.3) is 0 Å². The summed E-state index contributed by atoms with van der Waals surface area (Å²) in [4.78, 5) is 12.7. The average molecular weight is 396 g/mol. The van der Waals surface area contributed by atoms with Crippen LogP contribution in [0.4, 0.5) is 0 Å². The highest BCUT2D eigenvalue weighted by atomic mass is 32.1. The third kappa shape index (κ3) is 4.61. The number of hydrogen-bond acceptors (Lipinski definition) is 7. The van der Waals surface area contributed by atoms with E-state index in [-0.39, 0.29) is 6.61 Å². The van der Waals surface area contributed by atoms with Crippen molar-refractivity contribution in [2.75, 3.05) is 41.7 Å². The molecule has 1 fully saturated rings. The van der Waals surface area contributed by atoms with Crippen LogP contribution < -0.4 is 24.8 Å². The Balaban J connectivity index is 2.43. The molecule has 0 bridgehead atoms. The summed E-state index contributed by atoms with van der Waals surface area (Å²) in [5.74, 6) is 0.235. The lowest BCUT2D eigenvalue weighted by atomic mass is 9.88. The van der Waals surface area contributed by atoms with E-state index in [1.807, 2.05) is 0 Å². The van der Waals surface area contributed by atoms with Gasteiger partial charge < -0.3 is 34.3 Å². The minimum atomic E-state index is -0.712. The Morgan fingerprint density at radius 3 is 2.26 bits per heavy atom. The molecule has 0 aromatic heterocycles. The number of hydrogen-bond donors (Lipinski definition) is 2. The second kappa shape index (κ2) is 9.43. The number of benzene rings is 1. The van der Waals surface area contributed by atoms with Crippen molar-refractivity contribution in [1.29, 1.82) is 0 Å². The zero-order valence-electron chi connectivity index (χ0n) is 15.8. The van der Waals surface area contributed by atoms with Crippen molar-refractivity contribution < 1.29 is 28.5 Å². The smallest absolute Gasteiger partial charge is 0.317 e. The van der Waals surface area contributed by atoms with Crippen molar-refractivity contribution >= 4 is 23.3 Å². The van der Waals surface area contributed by atoms with Crippen LogP contribution >= 0.6 is 12.2 Å². The molecular formula is C18H24N2O6S. The lowest BCUT2D eigenvalue weighted by Gasteiger charge is -2.35. The fourth-order valence-electron chi connectivity index (χ4n) is 2.84. The third-order valence-corrected chi connectivity index (χ3v) is 4.32. The summed E-state index contributed by atoms with van der Waals surface area (Å²) in [7, 11) is 6.11. The van der Waals surface area contributed by atoms with E-state index in [1.165, 1.54) is 28.4 Å². The van der Waals surface area contributed by atoms with Crippen molar-refractivity contribution in [2.24, 2.45) is 5.92 Å². The lowest BCUT2D eigenvalue weighted by molar-refractivity contribution is -0.149. The largest absolute Gasteiger partial charge is 0.493 e. The van der Waals surface area contributed by atoms with Gasteiger partial charge in [-0.25, -0.2) is 0 Å². The molecule has 0 spiro atoms. The Morgan fingerprint density at radius 2 is 1.74 bits per heavy atom. The first-order chi connectivity index (χ1) is 13.0. The first kappa shape index (κ1) is 20.8. The maximum Gasteiger partial charge on any atom is 0.317 e. The summed E-state index contributed by atoms with van der Waals surface area (Å²) in [6, 6.07) is 3.00. The van der Waals surface area contributed by atoms with Crippen molar-refractivity contribution in [3.63, 3.8) is 0 Å². The van der Waals surface area contributed by atoms with Gasteiger partial charge in [-0.3, -0.25) is 4.79 Å². The molecule has 9 heteroatoms. The van der Waals surface area contributed by atoms with Crippen LogP contribution in [0.1, 0.15) is 11.6 Å². The molecule has 1 aliphatic rings. The average Bonchev–Trinajstić information content (AvgIpc) is 2.66. The van der Waals surface area contributed by atoms with Crippen LogP contribution in [-0.2, 0) is 14.3 Å². The molecule has 1 saturated heterocycles. The van der Waals surface area contributed by atoms with Crippen molar-refractivity contribution in [3.05, 3.63) is 30.0 Å². The molecule has 1 aromatic rings. The first-order valence-corrected chi connectivity index (χ1v) is 8.59. The Morgan fingerprint density at radius 1 is 1.11 bits per heavy atom. The minimum absolute atomic E-state index is 0.144. The number of thiocarbonyl (C=S) groups is 1. The van der Waals surface area contributed by atoms with E-state index in [2.05, 4.69) is 17.2 Å². The van der Waals surface area contributed by atoms with E-state index in [9.17, 15) is 4.79 Å². The quantitative estimate of drug-likeness (QED) is 0.386. The molecule has 8 nitrogen and oxygen atoms in total. The van der Waals surface area contributed by atoms with E-state index in [1.54, 1.807) is 12.1 Å². The van der Waals surface area contributed by atoms with Crippen LogP contribution in [0.3, 0.4) is 0 Å². The number of carbonyl (C=O) groups is 1. The number of methoxy groups -OCH3 is 4. The molecule has 0 radical (unpaired) electrons. The highest BCUT2D eigenvalue weighted by Crippen LogP contribution is 2.42. The second-order valence-electron chi connectivity index (χ2n) is 5.70. The molecule has 0 amide bonds. The molecule has 0 aliphatic carbocycles. The zero-order chi connectivity index (χ0) is 20.0. The summed E-state index contributed by atoms with van der Waals surface area (Å²) in [5, 5.41) is 6.35. The number of ether oxygens (including phenoxy) is 5. The van der Waals surface area contributed by atoms with Gasteiger partial charge in [0.15, 0.2) is 16.6 Å². The molecule has 0 unspecified atom stereocenters. The number of nitrogens with one attached hydrogen (secondary N) is 2. The highest BCUT2D eigenvalue weighted by molar-refractivity contribution is 7.80. The first-order valence-electron chi connectivity index (χ1n) is 8.18. The zero-order valence-corrected chi connectivity index (χ0v) is 16.6. The van der Waals surface area contributed by atoms with E-state index in [0.717, 1.165) is 0 Å². The number of rotatable bonds is 8. The SMILES string of the molecule is C=C1NC(=S)N[C@H](c2cc(OC)c(OC)c(OC)c2)[C@H]1C(=O)OCCOC. The molecule has 2 rings (SSSR count). The second-order valence-corrected chi connectivity index (χ2v) is 6.11. The summed E-state index contributed by atoms with van der Waals surface area (Å²) >= 11 is 5.23. The maximum absolute atomic E-state index is 12.7. The highest BCUT2D eigenvalue weighted by Gasteiger charge is 2.38. The molecule has 2 N–H and O–H groups in total. The number of carbonyl (C=O) groups excluding carboxylic acids is 1. The predicted octanol–water partition coefficient (Wildman–Crippen LogP) is 1.55.